The van der Waals surface area contributed by atoms with Crippen molar-refractivity contribution in [2.45, 2.75) is 12.7 Å². The number of rotatable bonds is 2. The lowest BCUT2D eigenvalue weighted by Crippen LogP contribution is -2.03. The summed E-state index contributed by atoms with van der Waals surface area (Å²) in [6.07, 6.45) is 0. The molecular formula is C5H8N4OS. The summed E-state index contributed by atoms with van der Waals surface area (Å²) in [5.41, 5.74) is 5.10. The third-order valence-electron chi connectivity index (χ3n) is 0.921. The summed E-state index contributed by atoms with van der Waals surface area (Å²) in [5.74, 6) is 1.57. The lowest BCUT2D eigenvalue weighted by molar-refractivity contribution is 0.387. The van der Waals surface area contributed by atoms with E-state index in [0.29, 0.717) is 17.5 Å². The van der Waals surface area contributed by atoms with Gasteiger partial charge in [-0.2, -0.15) is 4.98 Å². The van der Waals surface area contributed by atoms with Gasteiger partial charge in [0.1, 0.15) is 0 Å². The van der Waals surface area contributed by atoms with Crippen LogP contribution >= 0.6 is 11.8 Å². The molecule has 0 bridgehead atoms. The van der Waals surface area contributed by atoms with Gasteiger partial charge in [0.15, 0.2) is 11.0 Å². The molecule has 0 fully saturated rings. The zero-order valence-electron chi connectivity index (χ0n) is 6.00. The largest absolute Gasteiger partial charge is 0.379 e. The molecule has 0 spiro atoms. The predicted molar refractivity (Wildman–Crippen MR) is 42.2 cm³/mol. The fourth-order valence-electron chi connectivity index (χ4n) is 0.538. The van der Waals surface area contributed by atoms with Gasteiger partial charge in [-0.25, -0.2) is 0 Å². The van der Waals surface area contributed by atoms with Gasteiger partial charge in [-0.1, -0.05) is 16.9 Å². The molecule has 0 saturated heterocycles. The molecule has 0 unspecified atom stereocenters. The van der Waals surface area contributed by atoms with Crippen LogP contribution in [0.5, 0.6) is 0 Å². The Morgan fingerprint density at radius 3 is 3.00 bits per heavy atom. The maximum Gasteiger partial charge on any atom is 0.237 e. The zero-order valence-corrected chi connectivity index (χ0v) is 6.81. The molecule has 0 saturated carbocycles. The number of nitrogens with two attached hydrogens (primary N) is 1. The van der Waals surface area contributed by atoms with Gasteiger partial charge in [0.25, 0.3) is 0 Å². The van der Waals surface area contributed by atoms with E-state index in [1.54, 1.807) is 6.92 Å². The van der Waals surface area contributed by atoms with Crippen LogP contribution in [0.15, 0.2) is 4.52 Å². The van der Waals surface area contributed by atoms with Crippen LogP contribution in [0.3, 0.4) is 0 Å². The van der Waals surface area contributed by atoms with E-state index in [2.05, 4.69) is 10.1 Å². The second kappa shape index (κ2) is 3.38. The van der Waals surface area contributed by atoms with Gasteiger partial charge < -0.3 is 10.3 Å². The number of aryl methyl sites for hydroxylation is 1. The lowest BCUT2D eigenvalue weighted by Gasteiger charge is -1.90. The van der Waals surface area contributed by atoms with E-state index in [-0.39, 0.29) is 5.17 Å². The summed E-state index contributed by atoms with van der Waals surface area (Å²) in [6, 6.07) is 0. The summed E-state index contributed by atoms with van der Waals surface area (Å²) in [7, 11) is 0. The van der Waals surface area contributed by atoms with Crippen LogP contribution in [0.4, 0.5) is 0 Å². The minimum atomic E-state index is 0.0563. The summed E-state index contributed by atoms with van der Waals surface area (Å²) in [4.78, 5) is 3.93. The first-order valence-electron chi connectivity index (χ1n) is 2.94. The van der Waals surface area contributed by atoms with Crippen LogP contribution in [-0.4, -0.2) is 15.3 Å². The third kappa shape index (κ3) is 2.58. The molecule has 1 aromatic heterocycles. The molecule has 0 atom stereocenters. The van der Waals surface area contributed by atoms with Crippen LogP contribution in [0, 0.1) is 12.3 Å². The molecule has 1 heterocycles. The van der Waals surface area contributed by atoms with E-state index in [4.69, 9.17) is 15.7 Å². The fraction of sp³-hybridized carbons (Fsp3) is 0.400. The second-order valence-electron chi connectivity index (χ2n) is 1.89. The Morgan fingerprint density at radius 2 is 2.55 bits per heavy atom. The van der Waals surface area contributed by atoms with Gasteiger partial charge in [0.05, 0.1) is 5.75 Å². The Morgan fingerprint density at radius 1 is 1.82 bits per heavy atom. The first-order valence-corrected chi connectivity index (χ1v) is 3.93. The van der Waals surface area contributed by atoms with Crippen molar-refractivity contribution >= 4 is 16.9 Å². The number of thioether (sulfide) groups is 1. The molecule has 5 nitrogen and oxygen atoms in total. The van der Waals surface area contributed by atoms with Gasteiger partial charge >= 0.3 is 0 Å². The van der Waals surface area contributed by atoms with Crippen LogP contribution < -0.4 is 5.73 Å². The van der Waals surface area contributed by atoms with Crippen molar-refractivity contribution in [2.75, 3.05) is 0 Å². The summed E-state index contributed by atoms with van der Waals surface area (Å²) in [6.45, 7) is 1.74. The zero-order chi connectivity index (χ0) is 8.27. The molecule has 3 N–H and O–H groups in total. The highest BCUT2D eigenvalue weighted by molar-refractivity contribution is 8.12. The molecular weight excluding hydrogens is 164 g/mol. The third-order valence-corrected chi connectivity index (χ3v) is 1.62. The highest BCUT2D eigenvalue weighted by Gasteiger charge is 2.02. The van der Waals surface area contributed by atoms with E-state index < -0.39 is 0 Å². The fourth-order valence-corrected chi connectivity index (χ4v) is 0.934. The van der Waals surface area contributed by atoms with Crippen molar-refractivity contribution in [3.63, 3.8) is 0 Å². The van der Waals surface area contributed by atoms with Gasteiger partial charge in [-0.15, -0.1) is 0 Å². The number of hydrogen-bond donors (Lipinski definition) is 2. The number of nitrogens with zero attached hydrogens (tertiary/aromatic N) is 2. The maximum atomic E-state index is 6.90. The van der Waals surface area contributed by atoms with Gasteiger partial charge in [-0.05, 0) is 6.92 Å². The van der Waals surface area contributed by atoms with E-state index in [0.717, 1.165) is 11.8 Å². The maximum absolute atomic E-state index is 6.90. The van der Waals surface area contributed by atoms with Crippen molar-refractivity contribution < 1.29 is 4.52 Å². The lowest BCUT2D eigenvalue weighted by atomic mass is 10.7. The molecule has 6 heteroatoms. The number of amidine groups is 1. The Kier molecular flexibility index (Phi) is 2.48. The topological polar surface area (TPSA) is 88.8 Å². The minimum absolute atomic E-state index is 0.0563. The molecule has 0 aromatic carbocycles. The normalized spacial score (nSPS) is 9.91. The van der Waals surface area contributed by atoms with E-state index in [1.807, 2.05) is 0 Å². The van der Waals surface area contributed by atoms with Crippen molar-refractivity contribution in [3.05, 3.63) is 11.7 Å². The second-order valence-corrected chi connectivity index (χ2v) is 2.91. The quantitative estimate of drug-likeness (QED) is 0.501. The van der Waals surface area contributed by atoms with Crippen LogP contribution in [0.25, 0.3) is 0 Å². The Balaban J connectivity index is 2.45. The summed E-state index contributed by atoms with van der Waals surface area (Å²) < 4.78 is 4.78. The first-order chi connectivity index (χ1) is 5.18. The highest BCUT2D eigenvalue weighted by atomic mass is 32.2. The van der Waals surface area contributed by atoms with E-state index in [9.17, 15) is 0 Å². The first kappa shape index (κ1) is 8.06. The van der Waals surface area contributed by atoms with Crippen LogP contribution in [-0.2, 0) is 5.75 Å². The van der Waals surface area contributed by atoms with Gasteiger partial charge in [0, 0.05) is 0 Å². The smallest absolute Gasteiger partial charge is 0.237 e. The molecule has 0 aliphatic carbocycles. The average Bonchev–Trinajstić information content (AvgIpc) is 2.31. The van der Waals surface area contributed by atoms with E-state index in [1.165, 1.54) is 0 Å². The SMILES string of the molecule is Cc1noc(CSC(=N)N)n1. The Labute approximate surface area is 67.9 Å². The number of hydrogen-bond acceptors (Lipinski definition) is 5. The van der Waals surface area contributed by atoms with Gasteiger partial charge in [-0.3, -0.25) is 5.41 Å². The molecule has 0 amide bonds. The van der Waals surface area contributed by atoms with Crippen molar-refractivity contribution in [3.8, 4) is 0 Å². The van der Waals surface area contributed by atoms with Crippen molar-refractivity contribution in [1.29, 1.82) is 5.41 Å². The number of aromatic nitrogens is 2. The van der Waals surface area contributed by atoms with Crippen LogP contribution in [0.2, 0.25) is 0 Å². The number of nitrogens with one attached hydrogen (secondary N) is 1. The van der Waals surface area contributed by atoms with Crippen molar-refractivity contribution in [1.82, 2.24) is 10.1 Å². The van der Waals surface area contributed by atoms with Gasteiger partial charge in [0.2, 0.25) is 5.89 Å². The molecule has 0 radical (unpaired) electrons. The monoisotopic (exact) mass is 172 g/mol. The molecule has 0 aliphatic rings. The van der Waals surface area contributed by atoms with E-state index >= 15 is 0 Å². The predicted octanol–water partition coefficient (Wildman–Crippen LogP) is 0.505. The van der Waals surface area contributed by atoms with Crippen molar-refractivity contribution in [2.24, 2.45) is 5.73 Å². The Hall–Kier alpha value is -1.04. The molecule has 11 heavy (non-hydrogen) atoms. The average molecular weight is 172 g/mol. The molecule has 60 valence electrons. The molecule has 0 aliphatic heterocycles. The molecule has 1 rings (SSSR count). The molecule has 1 aromatic rings. The summed E-state index contributed by atoms with van der Waals surface area (Å²) in [5, 5.41) is 10.5. The summed E-state index contributed by atoms with van der Waals surface area (Å²) >= 11 is 1.16. The van der Waals surface area contributed by atoms with Crippen LogP contribution in [0.1, 0.15) is 11.7 Å². The standard InChI is InChI=1S/C5H8N4OS/c1-3-8-4(10-9-3)2-11-5(6)7/h2H2,1H3,(H3,6,7). The highest BCUT2D eigenvalue weighted by Crippen LogP contribution is 2.08. The minimum Gasteiger partial charge on any atom is -0.379 e. The Bertz CT molecular complexity index is 259.